The molecule has 0 amide bonds. The average molecular weight is 297 g/mol. The van der Waals surface area contributed by atoms with E-state index in [1.807, 2.05) is 0 Å². The van der Waals surface area contributed by atoms with E-state index in [4.69, 9.17) is 0 Å². The Hall–Kier alpha value is -1.69. The number of rotatable bonds is 2. The maximum absolute atomic E-state index is 12.1. The van der Waals surface area contributed by atoms with Crippen LogP contribution in [0.15, 0.2) is 32.3 Å². The highest BCUT2D eigenvalue weighted by Gasteiger charge is 2.10. The van der Waals surface area contributed by atoms with E-state index in [0.29, 0.717) is 15.4 Å². The van der Waals surface area contributed by atoms with Gasteiger partial charge in [0.05, 0.1) is 17.4 Å². The van der Waals surface area contributed by atoms with Crippen LogP contribution in [0.3, 0.4) is 0 Å². The third-order valence-electron chi connectivity index (χ3n) is 2.34. The van der Waals surface area contributed by atoms with Crippen LogP contribution in [0.5, 0.6) is 0 Å². The van der Waals surface area contributed by atoms with Crippen molar-refractivity contribution < 1.29 is 4.79 Å². The number of Topliss-reactive ketones (excluding diaryl/α,β-unsaturated/α-hetero) is 1. The third kappa shape index (κ3) is 2.08. The number of aromatic nitrogens is 2. The molecule has 0 atom stereocenters. The standard InChI is InChI=1S/C11H9BrN2O3/c1-6(15)5-14-10(16)9-7(12)3-2-4-8(9)13-11(14)17/h2-4H,5H2,1H3,(H,13,17). The Kier molecular flexibility index (Phi) is 2.97. The number of hydrogen-bond acceptors (Lipinski definition) is 3. The summed E-state index contributed by atoms with van der Waals surface area (Å²) in [5.74, 6) is -0.246. The summed E-state index contributed by atoms with van der Waals surface area (Å²) in [4.78, 5) is 37.3. The normalized spacial score (nSPS) is 10.7. The summed E-state index contributed by atoms with van der Waals surface area (Å²) in [6.45, 7) is 1.11. The second-order valence-corrected chi connectivity index (χ2v) is 4.54. The van der Waals surface area contributed by atoms with E-state index < -0.39 is 11.2 Å². The molecule has 0 bridgehead atoms. The van der Waals surface area contributed by atoms with Gasteiger partial charge in [0.2, 0.25) is 0 Å². The Bertz CT molecular complexity index is 715. The number of nitrogens with zero attached hydrogens (tertiary/aromatic N) is 1. The van der Waals surface area contributed by atoms with Gasteiger partial charge in [0.1, 0.15) is 5.78 Å². The lowest BCUT2D eigenvalue weighted by molar-refractivity contribution is -0.117. The number of H-pyrrole nitrogens is 1. The van der Waals surface area contributed by atoms with Crippen LogP contribution in [0, 0.1) is 0 Å². The van der Waals surface area contributed by atoms with E-state index in [-0.39, 0.29) is 12.3 Å². The number of nitrogens with one attached hydrogen (secondary N) is 1. The maximum Gasteiger partial charge on any atom is 0.329 e. The predicted molar refractivity (Wildman–Crippen MR) is 67.2 cm³/mol. The molecule has 6 heteroatoms. The van der Waals surface area contributed by atoms with Gasteiger partial charge in [-0.2, -0.15) is 0 Å². The summed E-state index contributed by atoms with van der Waals surface area (Å²) in [5.41, 5.74) is -0.587. The quantitative estimate of drug-likeness (QED) is 0.900. The zero-order chi connectivity index (χ0) is 12.6. The molecule has 1 N–H and O–H groups in total. The molecule has 1 aromatic heterocycles. The van der Waals surface area contributed by atoms with Gasteiger partial charge in [0, 0.05) is 4.47 Å². The van der Waals surface area contributed by atoms with Gasteiger partial charge in [-0.05, 0) is 35.0 Å². The zero-order valence-electron chi connectivity index (χ0n) is 8.99. The summed E-state index contributed by atoms with van der Waals surface area (Å²) in [6, 6.07) is 5.07. The van der Waals surface area contributed by atoms with Gasteiger partial charge in [-0.1, -0.05) is 6.07 Å². The summed E-state index contributed by atoms with van der Waals surface area (Å²) in [6.07, 6.45) is 0. The molecular formula is C11H9BrN2O3. The molecule has 0 aliphatic rings. The Morgan fingerprint density at radius 1 is 1.41 bits per heavy atom. The largest absolute Gasteiger partial charge is 0.329 e. The van der Waals surface area contributed by atoms with Crippen molar-refractivity contribution in [1.82, 2.24) is 9.55 Å². The topological polar surface area (TPSA) is 71.9 Å². The Morgan fingerprint density at radius 3 is 2.76 bits per heavy atom. The van der Waals surface area contributed by atoms with E-state index in [9.17, 15) is 14.4 Å². The maximum atomic E-state index is 12.1. The van der Waals surface area contributed by atoms with E-state index in [1.165, 1.54) is 6.92 Å². The van der Waals surface area contributed by atoms with Gasteiger partial charge in [-0.25, -0.2) is 4.79 Å². The number of ketones is 1. The van der Waals surface area contributed by atoms with E-state index in [2.05, 4.69) is 20.9 Å². The molecule has 0 unspecified atom stereocenters. The van der Waals surface area contributed by atoms with Gasteiger partial charge in [-0.15, -0.1) is 0 Å². The molecule has 1 aromatic carbocycles. The highest BCUT2D eigenvalue weighted by atomic mass is 79.9. The Morgan fingerprint density at radius 2 is 2.12 bits per heavy atom. The van der Waals surface area contributed by atoms with Crippen LogP contribution in [0.1, 0.15) is 6.92 Å². The first kappa shape index (κ1) is 11.8. The molecule has 17 heavy (non-hydrogen) atoms. The molecule has 0 aliphatic heterocycles. The minimum Gasteiger partial charge on any atom is -0.307 e. The lowest BCUT2D eigenvalue weighted by atomic mass is 10.2. The fourth-order valence-electron chi connectivity index (χ4n) is 1.62. The molecule has 88 valence electrons. The minimum atomic E-state index is -0.573. The van der Waals surface area contributed by atoms with Crippen LogP contribution in [-0.4, -0.2) is 15.3 Å². The van der Waals surface area contributed by atoms with Crippen molar-refractivity contribution in [2.45, 2.75) is 13.5 Å². The van der Waals surface area contributed by atoms with Gasteiger partial charge in [-0.3, -0.25) is 14.2 Å². The molecule has 5 nitrogen and oxygen atoms in total. The highest BCUT2D eigenvalue weighted by molar-refractivity contribution is 9.10. The molecule has 0 spiro atoms. The van der Waals surface area contributed by atoms with E-state index in [1.54, 1.807) is 18.2 Å². The first-order valence-electron chi connectivity index (χ1n) is 4.91. The van der Waals surface area contributed by atoms with E-state index >= 15 is 0 Å². The smallest absolute Gasteiger partial charge is 0.307 e. The second kappa shape index (κ2) is 4.29. The van der Waals surface area contributed by atoms with Crippen molar-refractivity contribution in [2.24, 2.45) is 0 Å². The van der Waals surface area contributed by atoms with Crippen molar-refractivity contribution in [3.8, 4) is 0 Å². The highest BCUT2D eigenvalue weighted by Crippen LogP contribution is 2.17. The minimum absolute atomic E-state index is 0.217. The average Bonchev–Trinajstić information content (AvgIpc) is 2.23. The second-order valence-electron chi connectivity index (χ2n) is 3.69. The first-order valence-corrected chi connectivity index (χ1v) is 5.71. The van der Waals surface area contributed by atoms with Crippen LogP contribution < -0.4 is 11.2 Å². The summed E-state index contributed by atoms with van der Waals surface area (Å²) in [5, 5.41) is 0.369. The molecule has 2 rings (SSSR count). The molecule has 1 heterocycles. The molecule has 0 aliphatic carbocycles. The number of fused-ring (bicyclic) bond motifs is 1. The van der Waals surface area contributed by atoms with E-state index in [0.717, 1.165) is 4.57 Å². The van der Waals surface area contributed by atoms with Crippen LogP contribution in [0.2, 0.25) is 0 Å². The number of halogens is 1. The fraction of sp³-hybridized carbons (Fsp3) is 0.182. The number of carbonyl (C=O) groups is 1. The first-order chi connectivity index (χ1) is 8.00. The summed E-state index contributed by atoms with van der Waals surface area (Å²) < 4.78 is 1.49. The third-order valence-corrected chi connectivity index (χ3v) is 3.00. The van der Waals surface area contributed by atoms with Crippen LogP contribution in [0.4, 0.5) is 0 Å². The van der Waals surface area contributed by atoms with Crippen molar-refractivity contribution in [1.29, 1.82) is 0 Å². The van der Waals surface area contributed by atoms with Crippen molar-refractivity contribution in [3.63, 3.8) is 0 Å². The Labute approximate surface area is 104 Å². The van der Waals surface area contributed by atoms with Crippen molar-refractivity contribution in [3.05, 3.63) is 43.5 Å². The fourth-order valence-corrected chi connectivity index (χ4v) is 2.16. The summed E-state index contributed by atoms with van der Waals surface area (Å²) >= 11 is 3.25. The lowest BCUT2D eigenvalue weighted by Gasteiger charge is -2.05. The molecule has 0 saturated carbocycles. The van der Waals surface area contributed by atoms with Crippen LogP contribution >= 0.6 is 15.9 Å². The number of carbonyl (C=O) groups excluding carboxylic acids is 1. The number of hydrogen-bond donors (Lipinski definition) is 1. The van der Waals surface area contributed by atoms with Gasteiger partial charge in [0.25, 0.3) is 5.56 Å². The van der Waals surface area contributed by atoms with Crippen LogP contribution in [-0.2, 0) is 11.3 Å². The molecular weight excluding hydrogens is 288 g/mol. The summed E-state index contributed by atoms with van der Waals surface area (Å²) in [7, 11) is 0. The number of benzene rings is 1. The van der Waals surface area contributed by atoms with Gasteiger partial charge in [0.15, 0.2) is 0 Å². The number of aromatic amines is 1. The van der Waals surface area contributed by atoms with Gasteiger partial charge < -0.3 is 4.98 Å². The monoisotopic (exact) mass is 296 g/mol. The van der Waals surface area contributed by atoms with Crippen molar-refractivity contribution in [2.75, 3.05) is 0 Å². The zero-order valence-corrected chi connectivity index (χ0v) is 10.6. The SMILES string of the molecule is CC(=O)Cn1c(=O)[nH]c2cccc(Br)c2c1=O. The molecule has 0 radical (unpaired) electrons. The molecule has 2 aromatic rings. The predicted octanol–water partition coefficient (Wildman–Crippen LogP) is 1.04. The molecule has 0 fully saturated rings. The molecule has 0 saturated heterocycles. The Balaban J connectivity index is 2.88. The van der Waals surface area contributed by atoms with Gasteiger partial charge >= 0.3 is 5.69 Å². The van der Waals surface area contributed by atoms with Crippen LogP contribution in [0.25, 0.3) is 10.9 Å². The lowest BCUT2D eigenvalue weighted by Crippen LogP contribution is -2.36. The van der Waals surface area contributed by atoms with Crippen molar-refractivity contribution >= 4 is 32.6 Å².